The topological polar surface area (TPSA) is 49.3 Å². The van der Waals surface area contributed by atoms with E-state index in [0.29, 0.717) is 0 Å². The fourth-order valence-corrected chi connectivity index (χ4v) is 1.58. The number of anilines is 1. The quantitative estimate of drug-likeness (QED) is 0.803. The van der Waals surface area contributed by atoms with Crippen LogP contribution in [0, 0.1) is 11.6 Å². The third-order valence-electron chi connectivity index (χ3n) is 2.14. The van der Waals surface area contributed by atoms with Gasteiger partial charge in [-0.15, -0.1) is 0 Å². The molecule has 0 fully saturated rings. The highest BCUT2D eigenvalue weighted by molar-refractivity contribution is 7.99. The highest BCUT2D eigenvalue weighted by Crippen LogP contribution is 2.26. The first-order chi connectivity index (χ1) is 7.47. The molecule has 0 aliphatic heterocycles. The predicted octanol–water partition coefficient (Wildman–Crippen LogP) is 2.84. The van der Waals surface area contributed by atoms with E-state index in [4.69, 9.17) is 5.11 Å². The van der Waals surface area contributed by atoms with Crippen LogP contribution in [-0.4, -0.2) is 17.3 Å². The molecule has 1 atom stereocenters. The van der Waals surface area contributed by atoms with Gasteiger partial charge in [-0.25, -0.2) is 8.78 Å². The Labute approximate surface area is 96.0 Å². The molecule has 16 heavy (non-hydrogen) atoms. The van der Waals surface area contributed by atoms with E-state index >= 15 is 0 Å². The zero-order valence-electron chi connectivity index (χ0n) is 8.75. The van der Waals surface area contributed by atoms with Crippen molar-refractivity contribution < 1.29 is 18.7 Å². The predicted molar refractivity (Wildman–Crippen MR) is 59.5 cm³/mol. The molecule has 3 nitrogen and oxygen atoms in total. The van der Waals surface area contributed by atoms with E-state index in [2.05, 4.69) is 4.72 Å². The Bertz CT molecular complexity index is 389. The number of carboxylic acids is 1. The molecule has 0 aliphatic rings. The summed E-state index contributed by atoms with van der Waals surface area (Å²) >= 11 is 1.06. The highest BCUT2D eigenvalue weighted by atomic mass is 32.2. The van der Waals surface area contributed by atoms with Gasteiger partial charge in [-0.05, 0) is 24.6 Å². The van der Waals surface area contributed by atoms with Crippen molar-refractivity contribution in [3.8, 4) is 0 Å². The van der Waals surface area contributed by atoms with Crippen LogP contribution >= 0.6 is 11.9 Å². The second-order valence-corrected chi connectivity index (χ2v) is 3.84. The van der Waals surface area contributed by atoms with Gasteiger partial charge in [0.2, 0.25) is 0 Å². The minimum absolute atomic E-state index is 0.106. The standard InChI is InChI=1S/C10H11F2NO2S/c1-5(10(14)15)6-3-7(11)9(13-16-2)8(12)4-6/h3-5,13H,1-2H3,(H,14,15). The van der Waals surface area contributed by atoms with Gasteiger partial charge in [0.15, 0.2) is 0 Å². The zero-order chi connectivity index (χ0) is 12.3. The number of carboxylic acid groups (broad SMARTS) is 1. The molecule has 1 aromatic rings. The van der Waals surface area contributed by atoms with E-state index in [1.54, 1.807) is 6.26 Å². The molecule has 0 aliphatic carbocycles. The molecule has 1 unspecified atom stereocenters. The van der Waals surface area contributed by atoms with E-state index < -0.39 is 23.5 Å². The van der Waals surface area contributed by atoms with Crippen molar-refractivity contribution in [2.24, 2.45) is 0 Å². The van der Waals surface area contributed by atoms with Crippen LogP contribution in [0.5, 0.6) is 0 Å². The summed E-state index contributed by atoms with van der Waals surface area (Å²) in [7, 11) is 0. The fourth-order valence-electron chi connectivity index (χ4n) is 1.18. The van der Waals surface area contributed by atoms with Crippen LogP contribution in [0.1, 0.15) is 18.4 Å². The average molecular weight is 247 g/mol. The van der Waals surface area contributed by atoms with Gasteiger partial charge in [-0.1, -0.05) is 11.9 Å². The normalized spacial score (nSPS) is 12.2. The summed E-state index contributed by atoms with van der Waals surface area (Å²) in [4.78, 5) is 10.7. The third kappa shape index (κ3) is 2.63. The number of hydrogen-bond acceptors (Lipinski definition) is 3. The summed E-state index contributed by atoms with van der Waals surface area (Å²) in [6, 6.07) is 2.06. The van der Waals surface area contributed by atoms with Gasteiger partial charge in [-0.2, -0.15) is 0 Å². The molecule has 2 N–H and O–H groups in total. The smallest absolute Gasteiger partial charge is 0.310 e. The third-order valence-corrected chi connectivity index (χ3v) is 2.55. The largest absolute Gasteiger partial charge is 0.481 e. The maximum absolute atomic E-state index is 13.4. The van der Waals surface area contributed by atoms with Gasteiger partial charge in [0.1, 0.15) is 17.3 Å². The molecule has 6 heteroatoms. The van der Waals surface area contributed by atoms with Crippen molar-refractivity contribution in [2.75, 3.05) is 11.0 Å². The molecule has 1 aromatic carbocycles. The summed E-state index contributed by atoms with van der Waals surface area (Å²) in [5.74, 6) is -3.65. The van der Waals surface area contributed by atoms with E-state index in [1.807, 2.05) is 0 Å². The zero-order valence-corrected chi connectivity index (χ0v) is 9.57. The van der Waals surface area contributed by atoms with Gasteiger partial charge in [0.25, 0.3) is 0 Å². The number of carbonyl (C=O) groups is 1. The van der Waals surface area contributed by atoms with Crippen molar-refractivity contribution >= 4 is 23.6 Å². The Balaban J connectivity index is 3.14. The molecule has 0 spiro atoms. The highest BCUT2D eigenvalue weighted by Gasteiger charge is 2.18. The first-order valence-corrected chi connectivity index (χ1v) is 5.70. The molecule has 0 radical (unpaired) electrons. The van der Waals surface area contributed by atoms with E-state index in [0.717, 1.165) is 24.1 Å². The lowest BCUT2D eigenvalue weighted by Gasteiger charge is -2.10. The maximum Gasteiger partial charge on any atom is 0.310 e. The van der Waals surface area contributed by atoms with Crippen LogP contribution in [0.3, 0.4) is 0 Å². The number of halogens is 2. The maximum atomic E-state index is 13.4. The number of benzene rings is 1. The SMILES string of the molecule is CSNc1c(F)cc(C(C)C(=O)O)cc1F. The van der Waals surface area contributed by atoms with Crippen molar-refractivity contribution in [1.82, 2.24) is 0 Å². The molecule has 88 valence electrons. The Morgan fingerprint density at radius 1 is 1.44 bits per heavy atom. The summed E-state index contributed by atoms with van der Waals surface area (Å²) in [5, 5.41) is 8.73. The van der Waals surface area contributed by atoms with E-state index in [-0.39, 0.29) is 11.3 Å². The molecular weight excluding hydrogens is 236 g/mol. The van der Waals surface area contributed by atoms with Gasteiger partial charge in [0.05, 0.1) is 5.92 Å². The molecule has 0 saturated carbocycles. The van der Waals surface area contributed by atoms with Crippen molar-refractivity contribution in [2.45, 2.75) is 12.8 Å². The van der Waals surface area contributed by atoms with Crippen LogP contribution in [-0.2, 0) is 4.79 Å². The Morgan fingerprint density at radius 3 is 2.31 bits per heavy atom. The van der Waals surface area contributed by atoms with Crippen molar-refractivity contribution in [3.05, 3.63) is 29.3 Å². The van der Waals surface area contributed by atoms with Crippen LogP contribution in [0.4, 0.5) is 14.5 Å². The number of aliphatic carboxylic acids is 1. The second-order valence-electron chi connectivity index (χ2n) is 3.23. The molecule has 0 bridgehead atoms. The summed E-state index contributed by atoms with van der Waals surface area (Å²) in [6.45, 7) is 1.37. The van der Waals surface area contributed by atoms with Gasteiger partial charge in [0, 0.05) is 6.26 Å². The first kappa shape index (κ1) is 12.8. The number of hydrogen-bond donors (Lipinski definition) is 2. The van der Waals surface area contributed by atoms with Gasteiger partial charge < -0.3 is 9.83 Å². The number of nitrogens with one attached hydrogen (secondary N) is 1. The van der Waals surface area contributed by atoms with Crippen LogP contribution < -0.4 is 4.72 Å². The van der Waals surface area contributed by atoms with Gasteiger partial charge in [-0.3, -0.25) is 4.79 Å². The minimum Gasteiger partial charge on any atom is -0.481 e. The molecule has 1 rings (SSSR count). The summed E-state index contributed by atoms with van der Waals surface area (Å²) in [6.07, 6.45) is 1.63. The number of rotatable bonds is 4. The Hall–Kier alpha value is -1.30. The fraction of sp³-hybridized carbons (Fsp3) is 0.300. The minimum atomic E-state index is -1.12. The Kier molecular flexibility index (Phi) is 4.12. The lowest BCUT2D eigenvalue weighted by molar-refractivity contribution is -0.138. The van der Waals surface area contributed by atoms with Crippen molar-refractivity contribution in [3.63, 3.8) is 0 Å². The van der Waals surface area contributed by atoms with E-state index in [1.165, 1.54) is 6.92 Å². The van der Waals surface area contributed by atoms with Crippen molar-refractivity contribution in [1.29, 1.82) is 0 Å². The monoisotopic (exact) mass is 247 g/mol. The Morgan fingerprint density at radius 2 is 1.94 bits per heavy atom. The first-order valence-electron chi connectivity index (χ1n) is 4.48. The van der Waals surface area contributed by atoms with Crippen LogP contribution in [0.15, 0.2) is 12.1 Å². The van der Waals surface area contributed by atoms with Crippen LogP contribution in [0.2, 0.25) is 0 Å². The lowest BCUT2D eigenvalue weighted by Crippen LogP contribution is -2.09. The second kappa shape index (κ2) is 5.16. The lowest BCUT2D eigenvalue weighted by atomic mass is 10.0. The molecule has 0 saturated heterocycles. The summed E-state index contributed by atoms with van der Waals surface area (Å²) < 4.78 is 29.3. The molecule has 0 aromatic heterocycles. The van der Waals surface area contributed by atoms with E-state index in [9.17, 15) is 13.6 Å². The molecule has 0 amide bonds. The molecule has 0 heterocycles. The van der Waals surface area contributed by atoms with Crippen LogP contribution in [0.25, 0.3) is 0 Å². The molecular formula is C10H11F2NO2S. The van der Waals surface area contributed by atoms with Gasteiger partial charge >= 0.3 is 5.97 Å². The average Bonchev–Trinajstić information content (AvgIpc) is 2.21. The summed E-state index contributed by atoms with van der Waals surface area (Å²) in [5.41, 5.74) is -0.150.